The summed E-state index contributed by atoms with van der Waals surface area (Å²) in [5.41, 5.74) is 0.927. The van der Waals surface area contributed by atoms with Crippen molar-refractivity contribution >= 4 is 6.21 Å². The molecule has 0 aliphatic heterocycles. The summed E-state index contributed by atoms with van der Waals surface area (Å²) in [7, 11) is 0. The topological polar surface area (TPSA) is 36.5 Å². The maximum Gasteiger partial charge on any atom is 0.227 e. The maximum atomic E-state index is 8.48. The van der Waals surface area contributed by atoms with E-state index >= 15 is 0 Å². The first-order valence-corrected chi connectivity index (χ1v) is 4.90. The van der Waals surface area contributed by atoms with E-state index in [1.54, 1.807) is 0 Å². The number of hydrogen-bond acceptors (Lipinski definition) is 2. The van der Waals surface area contributed by atoms with Gasteiger partial charge in [-0.15, -0.1) is 0 Å². The average Bonchev–Trinajstić information content (AvgIpc) is 2.17. The van der Waals surface area contributed by atoms with Crippen molar-refractivity contribution in [1.82, 2.24) is 0 Å². The predicted molar refractivity (Wildman–Crippen MR) is 55.5 cm³/mol. The second-order valence-electron chi connectivity index (χ2n) is 3.75. The first-order valence-electron chi connectivity index (χ1n) is 4.90. The third-order valence-corrected chi connectivity index (χ3v) is 2.11. The molecule has 0 amide bonds. The van der Waals surface area contributed by atoms with Crippen molar-refractivity contribution in [3.63, 3.8) is 0 Å². The van der Waals surface area contributed by atoms with Crippen LogP contribution in [-0.2, 0) is 6.54 Å². The molecule has 1 rings (SSSR count). The number of aromatic nitrogens is 1. The highest BCUT2D eigenvalue weighted by molar-refractivity contribution is 5.74. The molecule has 3 heteroatoms. The summed E-state index contributed by atoms with van der Waals surface area (Å²) >= 11 is 0. The summed E-state index contributed by atoms with van der Waals surface area (Å²) in [4.78, 5) is 0. The predicted octanol–water partition coefficient (Wildman–Crippen LogP) is 1.83. The molecule has 0 radical (unpaired) electrons. The Morgan fingerprint density at radius 3 is 2.93 bits per heavy atom. The van der Waals surface area contributed by atoms with Gasteiger partial charge in [0.2, 0.25) is 5.69 Å². The molecular formula is C11H17N2O+. The van der Waals surface area contributed by atoms with E-state index in [9.17, 15) is 0 Å². The van der Waals surface area contributed by atoms with Gasteiger partial charge in [0.1, 0.15) is 12.8 Å². The van der Waals surface area contributed by atoms with Crippen LogP contribution < -0.4 is 4.57 Å². The van der Waals surface area contributed by atoms with Crippen molar-refractivity contribution in [2.75, 3.05) is 0 Å². The van der Waals surface area contributed by atoms with Crippen LogP contribution in [0.2, 0.25) is 0 Å². The van der Waals surface area contributed by atoms with E-state index in [1.165, 1.54) is 6.21 Å². The van der Waals surface area contributed by atoms with Crippen LogP contribution in [0.25, 0.3) is 0 Å². The molecule has 1 heterocycles. The second kappa shape index (κ2) is 5.37. The zero-order chi connectivity index (χ0) is 10.4. The lowest BCUT2D eigenvalue weighted by molar-refractivity contribution is -0.698. The van der Waals surface area contributed by atoms with Gasteiger partial charge in [0.25, 0.3) is 0 Å². The van der Waals surface area contributed by atoms with Gasteiger partial charge in [0, 0.05) is 18.6 Å². The number of hydrogen-bond donors (Lipinski definition) is 1. The molecule has 0 saturated carbocycles. The lowest BCUT2D eigenvalue weighted by atomic mass is 10.1. The molecule has 1 aromatic heterocycles. The molecule has 0 unspecified atom stereocenters. The summed E-state index contributed by atoms with van der Waals surface area (Å²) in [6.07, 6.45) is 4.58. The molecule has 14 heavy (non-hydrogen) atoms. The Balaban J connectivity index is 2.74. The standard InChI is InChI=1S/C11H16N2O/c1-10(2)6-8-13-7-4-3-5-11(13)9-12-14/h3-5,7,9-10H,6,8H2,1-2H3/p+1. The van der Waals surface area contributed by atoms with Crippen molar-refractivity contribution < 1.29 is 9.77 Å². The molecule has 0 atom stereocenters. The molecule has 0 saturated heterocycles. The smallest absolute Gasteiger partial charge is 0.227 e. The normalized spacial score (nSPS) is 11.4. The number of oxime groups is 1. The summed E-state index contributed by atoms with van der Waals surface area (Å²) in [5.74, 6) is 0.682. The molecule has 3 nitrogen and oxygen atoms in total. The Bertz CT molecular complexity index is 308. The van der Waals surface area contributed by atoms with Gasteiger partial charge in [-0.3, -0.25) is 0 Å². The van der Waals surface area contributed by atoms with Gasteiger partial charge in [-0.05, 0) is 12.0 Å². The summed E-state index contributed by atoms with van der Waals surface area (Å²) in [6, 6.07) is 5.85. The van der Waals surface area contributed by atoms with Crippen LogP contribution in [0.3, 0.4) is 0 Å². The molecule has 1 aromatic rings. The quantitative estimate of drug-likeness (QED) is 0.337. The fourth-order valence-corrected chi connectivity index (χ4v) is 1.27. The number of pyridine rings is 1. The van der Waals surface area contributed by atoms with Gasteiger partial charge in [-0.25, -0.2) is 0 Å². The summed E-state index contributed by atoms with van der Waals surface area (Å²) in [5, 5.41) is 11.5. The van der Waals surface area contributed by atoms with Gasteiger partial charge in [0.05, 0.1) is 0 Å². The van der Waals surface area contributed by atoms with Gasteiger partial charge < -0.3 is 5.21 Å². The minimum Gasteiger partial charge on any atom is -0.411 e. The molecule has 0 aliphatic carbocycles. The molecule has 0 bridgehead atoms. The van der Waals surface area contributed by atoms with E-state index in [0.717, 1.165) is 18.7 Å². The van der Waals surface area contributed by atoms with Gasteiger partial charge >= 0.3 is 0 Å². The lowest BCUT2D eigenvalue weighted by Crippen LogP contribution is -2.38. The summed E-state index contributed by atoms with van der Waals surface area (Å²) < 4.78 is 2.08. The molecule has 0 aliphatic rings. The van der Waals surface area contributed by atoms with E-state index in [4.69, 9.17) is 5.21 Å². The van der Waals surface area contributed by atoms with E-state index in [0.29, 0.717) is 5.92 Å². The highest BCUT2D eigenvalue weighted by atomic mass is 16.4. The van der Waals surface area contributed by atoms with Crippen molar-refractivity contribution in [1.29, 1.82) is 0 Å². The van der Waals surface area contributed by atoms with E-state index in [2.05, 4.69) is 23.6 Å². The van der Waals surface area contributed by atoms with E-state index in [-0.39, 0.29) is 0 Å². The Hall–Kier alpha value is -1.38. The van der Waals surface area contributed by atoms with Crippen LogP contribution in [0.5, 0.6) is 0 Å². The van der Waals surface area contributed by atoms with Crippen molar-refractivity contribution in [3.05, 3.63) is 30.1 Å². The van der Waals surface area contributed by atoms with Crippen molar-refractivity contribution in [2.24, 2.45) is 11.1 Å². The summed E-state index contributed by atoms with van der Waals surface area (Å²) in [6.45, 7) is 5.35. The SMILES string of the molecule is CC(C)CC[n+]1ccccc1C=NO. The van der Waals surface area contributed by atoms with Crippen LogP contribution in [0.4, 0.5) is 0 Å². The van der Waals surface area contributed by atoms with E-state index in [1.807, 2.05) is 24.4 Å². The lowest BCUT2D eigenvalue weighted by Gasteiger charge is -2.02. The fourth-order valence-electron chi connectivity index (χ4n) is 1.27. The highest BCUT2D eigenvalue weighted by Gasteiger charge is 2.07. The van der Waals surface area contributed by atoms with E-state index < -0.39 is 0 Å². The van der Waals surface area contributed by atoms with Crippen LogP contribution in [0.15, 0.2) is 29.6 Å². The minimum absolute atomic E-state index is 0.682. The number of rotatable bonds is 4. The average molecular weight is 193 g/mol. The molecule has 76 valence electrons. The van der Waals surface area contributed by atoms with Crippen molar-refractivity contribution in [3.8, 4) is 0 Å². The van der Waals surface area contributed by atoms with Crippen LogP contribution in [0, 0.1) is 5.92 Å². The highest BCUT2D eigenvalue weighted by Crippen LogP contribution is 1.99. The monoisotopic (exact) mass is 193 g/mol. The molecule has 0 spiro atoms. The minimum atomic E-state index is 0.682. The van der Waals surface area contributed by atoms with Gasteiger partial charge in [0.15, 0.2) is 6.20 Å². The third-order valence-electron chi connectivity index (χ3n) is 2.11. The van der Waals surface area contributed by atoms with Gasteiger partial charge in [-0.2, -0.15) is 4.57 Å². The molecule has 1 N–H and O–H groups in total. The van der Waals surface area contributed by atoms with Gasteiger partial charge in [-0.1, -0.05) is 19.0 Å². The second-order valence-corrected chi connectivity index (χ2v) is 3.75. The Kier molecular flexibility index (Phi) is 4.11. The Labute approximate surface area is 84.7 Å². The largest absolute Gasteiger partial charge is 0.411 e. The third kappa shape index (κ3) is 3.17. The Morgan fingerprint density at radius 1 is 1.50 bits per heavy atom. The number of aryl methyl sites for hydroxylation is 1. The first-order chi connectivity index (χ1) is 6.74. The maximum absolute atomic E-state index is 8.48. The molecule has 0 aromatic carbocycles. The molecular weight excluding hydrogens is 176 g/mol. The van der Waals surface area contributed by atoms with Crippen LogP contribution >= 0.6 is 0 Å². The Morgan fingerprint density at radius 2 is 2.29 bits per heavy atom. The molecule has 0 fully saturated rings. The van der Waals surface area contributed by atoms with Crippen LogP contribution in [0.1, 0.15) is 26.0 Å². The van der Waals surface area contributed by atoms with Crippen molar-refractivity contribution in [2.45, 2.75) is 26.8 Å². The zero-order valence-corrected chi connectivity index (χ0v) is 8.72. The van der Waals surface area contributed by atoms with Crippen LogP contribution in [-0.4, -0.2) is 11.4 Å². The first kappa shape index (κ1) is 10.7. The number of nitrogens with zero attached hydrogens (tertiary/aromatic N) is 2. The zero-order valence-electron chi connectivity index (χ0n) is 8.72. The fraction of sp³-hybridized carbons (Fsp3) is 0.455.